The van der Waals surface area contributed by atoms with Crippen LogP contribution in [0.4, 0.5) is 5.95 Å². The average Bonchev–Trinajstić information content (AvgIpc) is 2.79. The summed E-state index contributed by atoms with van der Waals surface area (Å²) in [5.41, 5.74) is 3.13. The van der Waals surface area contributed by atoms with Crippen molar-refractivity contribution < 1.29 is 4.74 Å². The van der Waals surface area contributed by atoms with Gasteiger partial charge in [0.15, 0.2) is 0 Å². The molecule has 5 heteroatoms. The van der Waals surface area contributed by atoms with E-state index in [9.17, 15) is 0 Å². The number of hydrogen-bond donors (Lipinski definition) is 1. The summed E-state index contributed by atoms with van der Waals surface area (Å²) in [6.07, 6.45) is 0. The van der Waals surface area contributed by atoms with Crippen LogP contribution in [0.2, 0.25) is 0 Å². The largest absolute Gasteiger partial charge is 0.439 e. The first kappa shape index (κ1) is 20.0. The molecule has 0 radical (unpaired) electrons. The first-order valence-corrected chi connectivity index (χ1v) is 10.7. The molecule has 0 saturated carbocycles. The molecule has 4 nitrogen and oxygen atoms in total. The van der Waals surface area contributed by atoms with Crippen molar-refractivity contribution in [2.45, 2.75) is 24.7 Å². The molecule has 0 unspecified atom stereocenters. The quantitative estimate of drug-likeness (QED) is 0.325. The molecule has 4 rings (SSSR count). The summed E-state index contributed by atoms with van der Waals surface area (Å²) in [5.74, 6) is 2.22. The summed E-state index contributed by atoms with van der Waals surface area (Å²) >= 11 is 1.47. The second-order valence-corrected chi connectivity index (χ2v) is 8.00. The molecule has 0 spiro atoms. The molecule has 1 aromatic heterocycles. The standard InChI is InChI=1S/C25H23N3OS/c1-18(2)19-13-15-20(16-14-19)23-17-24(29-21-9-5-3-6-10-21)27-25(26-23)28-30-22-11-7-4-8-12-22/h3-18H,1-2H3,(H,26,27,28). The highest BCUT2D eigenvalue weighted by molar-refractivity contribution is 8.00. The highest BCUT2D eigenvalue weighted by atomic mass is 32.2. The van der Waals surface area contributed by atoms with E-state index in [1.165, 1.54) is 17.5 Å². The summed E-state index contributed by atoms with van der Waals surface area (Å²) in [5, 5.41) is 0. The zero-order chi connectivity index (χ0) is 20.8. The van der Waals surface area contributed by atoms with Gasteiger partial charge in [-0.2, -0.15) is 4.98 Å². The molecule has 0 aliphatic rings. The lowest BCUT2D eigenvalue weighted by atomic mass is 10.0. The topological polar surface area (TPSA) is 47.0 Å². The third-order valence-electron chi connectivity index (χ3n) is 4.54. The van der Waals surface area contributed by atoms with Crippen molar-refractivity contribution in [3.8, 4) is 22.9 Å². The van der Waals surface area contributed by atoms with Gasteiger partial charge in [0, 0.05) is 16.5 Å². The van der Waals surface area contributed by atoms with E-state index in [-0.39, 0.29) is 0 Å². The summed E-state index contributed by atoms with van der Waals surface area (Å²) in [6, 6.07) is 30.1. The van der Waals surface area contributed by atoms with Crippen molar-refractivity contribution in [1.29, 1.82) is 0 Å². The van der Waals surface area contributed by atoms with Crippen LogP contribution in [0, 0.1) is 0 Å². The van der Waals surface area contributed by atoms with Crippen LogP contribution in [0.15, 0.2) is 95.9 Å². The molecule has 30 heavy (non-hydrogen) atoms. The summed E-state index contributed by atoms with van der Waals surface area (Å²) in [4.78, 5) is 10.3. The van der Waals surface area contributed by atoms with Gasteiger partial charge in [-0.3, -0.25) is 4.72 Å². The molecule has 0 fully saturated rings. The van der Waals surface area contributed by atoms with E-state index < -0.39 is 0 Å². The number of nitrogens with one attached hydrogen (secondary N) is 1. The zero-order valence-corrected chi connectivity index (χ0v) is 17.8. The number of benzene rings is 3. The minimum absolute atomic E-state index is 0.487. The van der Waals surface area contributed by atoms with Gasteiger partial charge in [0.1, 0.15) is 5.75 Å². The van der Waals surface area contributed by atoms with Gasteiger partial charge < -0.3 is 4.74 Å². The van der Waals surface area contributed by atoms with Crippen molar-refractivity contribution in [3.63, 3.8) is 0 Å². The minimum Gasteiger partial charge on any atom is -0.439 e. The van der Waals surface area contributed by atoms with Gasteiger partial charge in [-0.05, 0) is 47.7 Å². The molecule has 3 aromatic carbocycles. The molecular formula is C25H23N3OS. The predicted molar refractivity (Wildman–Crippen MR) is 124 cm³/mol. The maximum absolute atomic E-state index is 5.99. The molecule has 1 N–H and O–H groups in total. The van der Waals surface area contributed by atoms with Crippen LogP contribution in [-0.2, 0) is 0 Å². The number of para-hydroxylation sites is 1. The van der Waals surface area contributed by atoms with Gasteiger partial charge in [0.25, 0.3) is 0 Å². The van der Waals surface area contributed by atoms with E-state index in [1.54, 1.807) is 0 Å². The Balaban J connectivity index is 1.64. The summed E-state index contributed by atoms with van der Waals surface area (Å²) in [6.45, 7) is 4.38. The Kier molecular flexibility index (Phi) is 6.30. The molecule has 0 saturated heterocycles. The first-order valence-electron chi connectivity index (χ1n) is 9.87. The second kappa shape index (κ2) is 9.46. The molecule has 4 aromatic rings. The molecule has 0 aliphatic carbocycles. The van der Waals surface area contributed by atoms with Crippen molar-refractivity contribution in [3.05, 3.63) is 96.6 Å². The third kappa shape index (κ3) is 5.19. The fraction of sp³-hybridized carbons (Fsp3) is 0.120. The van der Waals surface area contributed by atoms with Crippen molar-refractivity contribution in [2.75, 3.05) is 4.72 Å². The Labute approximate surface area is 181 Å². The van der Waals surface area contributed by atoms with E-state index in [1.807, 2.05) is 66.7 Å². The van der Waals surface area contributed by atoms with Crippen LogP contribution in [0.3, 0.4) is 0 Å². The van der Waals surface area contributed by atoms with E-state index in [0.29, 0.717) is 17.7 Å². The van der Waals surface area contributed by atoms with Crippen LogP contribution in [-0.4, -0.2) is 9.97 Å². The molecule has 0 atom stereocenters. The van der Waals surface area contributed by atoms with Crippen LogP contribution in [0.1, 0.15) is 25.3 Å². The Morgan fingerprint density at radius 2 is 1.47 bits per heavy atom. The molecule has 0 amide bonds. The first-order chi connectivity index (χ1) is 14.7. The SMILES string of the molecule is CC(C)c1ccc(-c2cc(Oc3ccccc3)nc(NSc3ccccc3)n2)cc1. The van der Waals surface area contributed by atoms with E-state index in [4.69, 9.17) is 9.72 Å². The lowest BCUT2D eigenvalue weighted by molar-refractivity contribution is 0.463. The lowest BCUT2D eigenvalue weighted by Gasteiger charge is -2.11. The summed E-state index contributed by atoms with van der Waals surface area (Å²) in [7, 11) is 0. The fourth-order valence-electron chi connectivity index (χ4n) is 2.91. The zero-order valence-electron chi connectivity index (χ0n) is 16.9. The lowest BCUT2D eigenvalue weighted by Crippen LogP contribution is -1.99. The van der Waals surface area contributed by atoms with Gasteiger partial charge in [-0.15, -0.1) is 0 Å². The van der Waals surface area contributed by atoms with E-state index >= 15 is 0 Å². The molecule has 1 heterocycles. The summed E-state index contributed by atoms with van der Waals surface area (Å²) < 4.78 is 9.24. The molecule has 0 bridgehead atoms. The number of rotatable bonds is 7. The highest BCUT2D eigenvalue weighted by Crippen LogP contribution is 2.29. The number of hydrogen-bond acceptors (Lipinski definition) is 5. The van der Waals surface area contributed by atoms with Gasteiger partial charge in [-0.25, -0.2) is 4.98 Å². The van der Waals surface area contributed by atoms with Gasteiger partial charge in [0.05, 0.1) is 5.69 Å². The van der Waals surface area contributed by atoms with Gasteiger partial charge in [0.2, 0.25) is 11.8 Å². The van der Waals surface area contributed by atoms with Crippen LogP contribution >= 0.6 is 11.9 Å². The Morgan fingerprint density at radius 1 is 0.800 bits per heavy atom. The smallest absolute Gasteiger partial charge is 0.237 e. The highest BCUT2D eigenvalue weighted by Gasteiger charge is 2.10. The molecule has 150 valence electrons. The van der Waals surface area contributed by atoms with Crippen molar-refractivity contribution >= 4 is 17.9 Å². The van der Waals surface area contributed by atoms with Crippen LogP contribution in [0.25, 0.3) is 11.3 Å². The average molecular weight is 414 g/mol. The maximum Gasteiger partial charge on any atom is 0.237 e. The van der Waals surface area contributed by atoms with Crippen molar-refractivity contribution in [1.82, 2.24) is 9.97 Å². The Bertz CT molecular complexity index is 1080. The predicted octanol–water partition coefficient (Wildman–Crippen LogP) is 7.18. The number of aromatic nitrogens is 2. The fourth-order valence-corrected chi connectivity index (χ4v) is 3.51. The van der Waals surface area contributed by atoms with Gasteiger partial charge in [-0.1, -0.05) is 74.5 Å². The van der Waals surface area contributed by atoms with Crippen LogP contribution < -0.4 is 9.46 Å². The number of anilines is 1. The monoisotopic (exact) mass is 413 g/mol. The Hall–Kier alpha value is -3.31. The maximum atomic E-state index is 5.99. The molecule has 0 aliphatic heterocycles. The second-order valence-electron chi connectivity index (χ2n) is 7.12. The normalized spacial score (nSPS) is 10.8. The number of ether oxygens (including phenoxy) is 1. The van der Waals surface area contributed by atoms with Crippen molar-refractivity contribution in [2.24, 2.45) is 0 Å². The number of nitrogens with zero attached hydrogens (tertiary/aromatic N) is 2. The van der Waals surface area contributed by atoms with Gasteiger partial charge >= 0.3 is 0 Å². The van der Waals surface area contributed by atoms with E-state index in [2.05, 4.69) is 47.8 Å². The van der Waals surface area contributed by atoms with E-state index in [0.717, 1.165) is 21.9 Å². The Morgan fingerprint density at radius 3 is 2.13 bits per heavy atom. The molecular weight excluding hydrogens is 390 g/mol. The third-order valence-corrected chi connectivity index (χ3v) is 5.34. The van der Waals surface area contributed by atoms with Crippen LogP contribution in [0.5, 0.6) is 11.6 Å². The minimum atomic E-state index is 0.487.